The summed E-state index contributed by atoms with van der Waals surface area (Å²) in [6.45, 7) is 0. The zero-order valence-corrected chi connectivity index (χ0v) is 18.9. The van der Waals surface area contributed by atoms with Gasteiger partial charge in [-0.25, -0.2) is 4.72 Å². The molecule has 2 N–H and O–H groups in total. The third-order valence-corrected chi connectivity index (χ3v) is 7.70. The molecule has 2 aliphatic rings. The normalized spacial score (nSPS) is 19.5. The number of amides is 1. The summed E-state index contributed by atoms with van der Waals surface area (Å²) >= 11 is 5.00. The number of fused-ring (bicyclic) bond motifs is 3. The molecule has 5 nitrogen and oxygen atoms in total. The zero-order chi connectivity index (χ0) is 20.8. The van der Waals surface area contributed by atoms with Gasteiger partial charge in [-0.3, -0.25) is 4.79 Å². The molecule has 3 aromatic rings. The number of halogens is 1. The highest BCUT2D eigenvalue weighted by atomic mass is 79.9. The van der Waals surface area contributed by atoms with Crippen LogP contribution in [0.4, 0.5) is 0 Å². The predicted octanol–water partition coefficient (Wildman–Crippen LogP) is 5.82. The lowest BCUT2D eigenvalue weighted by Crippen LogP contribution is -2.58. The van der Waals surface area contributed by atoms with Crippen molar-refractivity contribution >= 4 is 55.7 Å². The highest BCUT2D eigenvalue weighted by Gasteiger charge is 2.49. The average molecular weight is 484 g/mol. The van der Waals surface area contributed by atoms with Gasteiger partial charge in [-0.1, -0.05) is 35.2 Å². The number of hydrogen-bond acceptors (Lipinski definition) is 5. The summed E-state index contributed by atoms with van der Waals surface area (Å²) in [6.07, 6.45) is 6.23. The first-order chi connectivity index (χ1) is 14.5. The van der Waals surface area contributed by atoms with Crippen LogP contribution in [0, 0.1) is 11.3 Å². The Kier molecular flexibility index (Phi) is 5.04. The Bertz CT molecular complexity index is 1170. The maximum Gasteiger partial charge on any atom is 0.242 e. The van der Waals surface area contributed by atoms with Crippen molar-refractivity contribution in [3.8, 4) is 6.07 Å². The monoisotopic (exact) mass is 483 g/mol. The van der Waals surface area contributed by atoms with Crippen molar-refractivity contribution < 1.29 is 9.21 Å². The smallest absolute Gasteiger partial charge is 0.242 e. The first-order valence-electron chi connectivity index (χ1n) is 10.3. The van der Waals surface area contributed by atoms with Gasteiger partial charge in [-0.05, 0) is 74.0 Å². The molecule has 7 heteroatoms. The fourth-order valence-electron chi connectivity index (χ4n) is 4.21. The van der Waals surface area contributed by atoms with Crippen LogP contribution in [-0.4, -0.2) is 17.0 Å². The molecule has 2 aliphatic carbocycles. The molecule has 154 valence electrons. The van der Waals surface area contributed by atoms with E-state index in [-0.39, 0.29) is 5.91 Å². The molecular weight excluding hydrogens is 462 g/mol. The van der Waals surface area contributed by atoms with Crippen LogP contribution in [0.5, 0.6) is 0 Å². The molecule has 5 rings (SSSR count). The topological polar surface area (TPSA) is 78.1 Å². The predicted molar refractivity (Wildman–Crippen MR) is 122 cm³/mol. The van der Waals surface area contributed by atoms with E-state index in [1.54, 1.807) is 0 Å². The second-order valence-corrected chi connectivity index (χ2v) is 10.2. The highest BCUT2D eigenvalue weighted by molar-refractivity contribution is 9.10. The second kappa shape index (κ2) is 7.60. The van der Waals surface area contributed by atoms with Crippen molar-refractivity contribution in [1.82, 2.24) is 10.0 Å². The van der Waals surface area contributed by atoms with Gasteiger partial charge in [-0.15, -0.1) is 0 Å². The molecule has 2 saturated carbocycles. The van der Waals surface area contributed by atoms with E-state index in [0.717, 1.165) is 76.3 Å². The largest absolute Gasteiger partial charge is 0.456 e. The minimum absolute atomic E-state index is 0.0385. The molecule has 1 aromatic heterocycles. The number of carbonyl (C=O) groups is 1. The van der Waals surface area contributed by atoms with Gasteiger partial charge in [0.15, 0.2) is 0 Å². The summed E-state index contributed by atoms with van der Waals surface area (Å²) in [5, 5.41) is 14.5. The second-order valence-electron chi connectivity index (χ2n) is 8.40. The fraction of sp³-hybridized carbons (Fsp3) is 0.391. The van der Waals surface area contributed by atoms with E-state index in [1.165, 1.54) is 11.9 Å². The van der Waals surface area contributed by atoms with E-state index in [4.69, 9.17) is 4.42 Å². The van der Waals surface area contributed by atoms with Crippen LogP contribution in [0.2, 0.25) is 0 Å². The highest BCUT2D eigenvalue weighted by Crippen LogP contribution is 2.38. The Morgan fingerprint density at radius 3 is 2.57 bits per heavy atom. The van der Waals surface area contributed by atoms with Crippen molar-refractivity contribution in [3.63, 3.8) is 0 Å². The van der Waals surface area contributed by atoms with E-state index >= 15 is 0 Å². The number of nitrogens with one attached hydrogen (secondary N) is 2. The van der Waals surface area contributed by atoms with Crippen LogP contribution in [0.25, 0.3) is 21.9 Å². The van der Waals surface area contributed by atoms with Gasteiger partial charge in [0.2, 0.25) is 5.91 Å². The Hall–Kier alpha value is -2.01. The Morgan fingerprint density at radius 1 is 1.03 bits per heavy atom. The lowest BCUT2D eigenvalue weighted by Gasteiger charge is -2.36. The summed E-state index contributed by atoms with van der Waals surface area (Å²) in [7, 11) is 0. The number of nitriles is 1. The molecule has 1 heterocycles. The van der Waals surface area contributed by atoms with Crippen LogP contribution in [0.15, 0.2) is 50.2 Å². The minimum Gasteiger partial charge on any atom is -0.456 e. The third kappa shape index (κ3) is 3.62. The lowest BCUT2D eigenvalue weighted by molar-refractivity contribution is -0.128. The first-order valence-corrected chi connectivity index (χ1v) is 11.9. The van der Waals surface area contributed by atoms with E-state index in [0.29, 0.717) is 0 Å². The molecule has 0 bridgehead atoms. The molecule has 0 atom stereocenters. The number of benzene rings is 2. The summed E-state index contributed by atoms with van der Waals surface area (Å²) in [6, 6.07) is 14.4. The number of rotatable bonds is 5. The molecule has 0 aliphatic heterocycles. The fourth-order valence-corrected chi connectivity index (χ4v) is 5.48. The van der Waals surface area contributed by atoms with E-state index < -0.39 is 11.1 Å². The van der Waals surface area contributed by atoms with Gasteiger partial charge in [0.25, 0.3) is 0 Å². The van der Waals surface area contributed by atoms with Crippen molar-refractivity contribution in [2.45, 2.75) is 60.9 Å². The molecular formula is C23H22BrN3O2S. The quantitative estimate of drug-likeness (QED) is 0.446. The molecule has 0 spiro atoms. The van der Waals surface area contributed by atoms with Gasteiger partial charge in [0.1, 0.15) is 22.2 Å². The lowest BCUT2D eigenvalue weighted by atomic mass is 9.81. The van der Waals surface area contributed by atoms with Crippen LogP contribution < -0.4 is 10.0 Å². The van der Waals surface area contributed by atoms with Crippen LogP contribution in [-0.2, 0) is 4.79 Å². The van der Waals surface area contributed by atoms with Crippen molar-refractivity contribution in [2.24, 2.45) is 0 Å². The summed E-state index contributed by atoms with van der Waals surface area (Å²) in [5.41, 5.74) is 0.411. The Morgan fingerprint density at radius 2 is 1.83 bits per heavy atom. The van der Waals surface area contributed by atoms with Crippen molar-refractivity contribution in [2.75, 3.05) is 0 Å². The first kappa shape index (κ1) is 19.9. The third-order valence-electron chi connectivity index (χ3n) is 6.23. The Balaban J connectivity index is 1.38. The van der Waals surface area contributed by atoms with E-state index in [1.807, 2.05) is 18.2 Å². The van der Waals surface area contributed by atoms with Crippen molar-refractivity contribution in [3.05, 3.63) is 40.9 Å². The maximum atomic E-state index is 13.2. The number of nitrogens with zero attached hydrogens (tertiary/aromatic N) is 1. The van der Waals surface area contributed by atoms with Crippen LogP contribution in [0.1, 0.15) is 44.9 Å². The number of furan rings is 1. The van der Waals surface area contributed by atoms with Crippen LogP contribution >= 0.6 is 27.9 Å². The van der Waals surface area contributed by atoms with E-state index in [2.05, 4.69) is 50.2 Å². The minimum atomic E-state index is -0.644. The molecule has 30 heavy (non-hydrogen) atoms. The average Bonchev–Trinajstić information content (AvgIpc) is 3.45. The molecule has 0 unspecified atom stereocenters. The number of carbonyl (C=O) groups excluding carboxylic acids is 1. The van der Waals surface area contributed by atoms with Crippen LogP contribution in [0.3, 0.4) is 0 Å². The summed E-state index contributed by atoms with van der Waals surface area (Å²) in [4.78, 5) is 14.2. The SMILES string of the molecule is N#CC1(NC(=O)C2(NSc3ccc4c(c3)oc3ccc(Br)cc34)CCCCC2)CC1. The molecule has 1 amide bonds. The maximum absolute atomic E-state index is 13.2. The van der Waals surface area contributed by atoms with Gasteiger partial charge >= 0.3 is 0 Å². The number of hydrogen-bond donors (Lipinski definition) is 2. The molecule has 2 aromatic carbocycles. The zero-order valence-electron chi connectivity index (χ0n) is 16.5. The summed E-state index contributed by atoms with van der Waals surface area (Å²) < 4.78 is 10.5. The van der Waals surface area contributed by atoms with Gasteiger partial charge in [0, 0.05) is 20.1 Å². The molecule has 0 radical (unpaired) electrons. The van der Waals surface area contributed by atoms with Gasteiger partial charge < -0.3 is 9.73 Å². The molecule has 2 fully saturated rings. The standard InChI is InChI=1S/C23H22BrN3O2S/c24-15-4-7-19-18(12-15)17-6-5-16(13-20(17)29-19)30-27-23(8-2-1-3-9-23)21(28)26-22(14-25)10-11-22/h4-7,12-13,27H,1-3,8-11H2,(H,26,28). The van der Waals surface area contributed by atoms with Crippen molar-refractivity contribution in [1.29, 1.82) is 5.26 Å². The van der Waals surface area contributed by atoms with Gasteiger partial charge in [-0.2, -0.15) is 5.26 Å². The summed E-state index contributed by atoms with van der Waals surface area (Å²) in [5.74, 6) is -0.0385. The Labute approximate surface area is 187 Å². The van der Waals surface area contributed by atoms with E-state index in [9.17, 15) is 10.1 Å². The molecule has 0 saturated heterocycles. The van der Waals surface area contributed by atoms with Gasteiger partial charge in [0.05, 0.1) is 6.07 Å².